The van der Waals surface area contributed by atoms with Crippen molar-refractivity contribution in [1.82, 2.24) is 14.9 Å². The van der Waals surface area contributed by atoms with Crippen LogP contribution in [0.3, 0.4) is 0 Å². The number of halogens is 1. The predicted molar refractivity (Wildman–Crippen MR) is 145 cm³/mol. The van der Waals surface area contributed by atoms with E-state index in [2.05, 4.69) is 32.7 Å². The molecule has 9 heteroatoms. The van der Waals surface area contributed by atoms with Crippen molar-refractivity contribution in [1.29, 1.82) is 0 Å². The Morgan fingerprint density at radius 2 is 2.05 bits per heavy atom. The molecule has 7 rings (SSSR count). The highest BCUT2D eigenvalue weighted by molar-refractivity contribution is 5.98. The number of rotatable bonds is 3. The summed E-state index contributed by atoms with van der Waals surface area (Å²) in [6.07, 6.45) is 5.57. The van der Waals surface area contributed by atoms with Crippen LogP contribution < -0.4 is 21.1 Å². The van der Waals surface area contributed by atoms with Crippen LogP contribution in [0.25, 0.3) is 21.9 Å². The van der Waals surface area contributed by atoms with Crippen molar-refractivity contribution in [3.63, 3.8) is 0 Å². The molecule has 1 unspecified atom stereocenters. The molecule has 3 aliphatic heterocycles. The summed E-state index contributed by atoms with van der Waals surface area (Å²) >= 11 is 0. The Balaban J connectivity index is 1.25. The lowest BCUT2D eigenvalue weighted by atomic mass is 9.92. The molecule has 1 amide bonds. The van der Waals surface area contributed by atoms with Gasteiger partial charge in [0.25, 0.3) is 0 Å². The summed E-state index contributed by atoms with van der Waals surface area (Å²) in [6.45, 7) is 3.92. The number of nitrogens with two attached hydrogens (primary N) is 1. The second-order valence-electron chi connectivity index (χ2n) is 10.1. The number of aromatic nitrogens is 2. The van der Waals surface area contributed by atoms with Crippen molar-refractivity contribution < 1.29 is 13.9 Å². The monoisotopic (exact) mass is 510 g/mol. The maximum atomic E-state index is 15.5. The lowest BCUT2D eigenvalue weighted by molar-refractivity contribution is -0.129. The van der Waals surface area contributed by atoms with Gasteiger partial charge in [-0.1, -0.05) is 6.07 Å². The molecular weight excluding hydrogens is 483 g/mol. The molecule has 1 saturated heterocycles. The molecule has 0 spiro atoms. The predicted octanol–water partition coefficient (Wildman–Crippen LogP) is 5.09. The highest BCUT2D eigenvalue weighted by Gasteiger charge is 2.36. The molecule has 8 nitrogen and oxygen atoms in total. The van der Waals surface area contributed by atoms with E-state index in [0.717, 1.165) is 41.7 Å². The molecular formula is C29H27FN6O2. The second kappa shape index (κ2) is 8.58. The zero-order valence-corrected chi connectivity index (χ0v) is 21.0. The second-order valence-corrected chi connectivity index (χ2v) is 10.1. The van der Waals surface area contributed by atoms with Crippen LogP contribution in [0.1, 0.15) is 35.6 Å². The smallest absolute Gasteiger partial charge is 0.237 e. The fraction of sp³-hybridized carbons (Fsp3) is 0.276. The molecule has 0 radical (unpaired) electrons. The molecule has 1 fully saturated rings. The number of nitrogens with one attached hydrogen (secondary N) is 2. The number of nitrogens with zero attached hydrogens (tertiary/aromatic N) is 3. The summed E-state index contributed by atoms with van der Waals surface area (Å²) in [4.78, 5) is 23.2. The largest absolute Gasteiger partial charge is 0.474 e. The van der Waals surface area contributed by atoms with Crippen LogP contribution in [0, 0.1) is 12.7 Å². The molecule has 3 aliphatic rings. The van der Waals surface area contributed by atoms with E-state index in [9.17, 15) is 4.79 Å². The average Bonchev–Trinajstić information content (AvgIpc) is 3.32. The summed E-state index contributed by atoms with van der Waals surface area (Å²) in [7, 11) is 0. The van der Waals surface area contributed by atoms with Crippen molar-refractivity contribution >= 4 is 39.6 Å². The zero-order chi connectivity index (χ0) is 26.0. The van der Waals surface area contributed by atoms with Gasteiger partial charge < -0.3 is 26.0 Å². The highest BCUT2D eigenvalue weighted by atomic mass is 19.1. The van der Waals surface area contributed by atoms with Crippen LogP contribution in [0.4, 0.5) is 27.3 Å². The fourth-order valence-corrected chi connectivity index (χ4v) is 5.99. The Morgan fingerprint density at radius 3 is 2.95 bits per heavy atom. The first kappa shape index (κ1) is 22.8. The van der Waals surface area contributed by atoms with Gasteiger partial charge in [-0.3, -0.25) is 4.79 Å². The Bertz CT molecular complexity index is 1640. The van der Waals surface area contributed by atoms with E-state index in [1.54, 1.807) is 18.5 Å². The van der Waals surface area contributed by atoms with Gasteiger partial charge in [0.05, 0.1) is 11.7 Å². The highest BCUT2D eigenvalue weighted by Crippen LogP contribution is 2.41. The fourth-order valence-electron chi connectivity index (χ4n) is 5.99. The third-order valence-corrected chi connectivity index (χ3v) is 7.96. The zero-order valence-electron chi connectivity index (χ0n) is 21.0. The minimum atomic E-state index is -0.494. The van der Waals surface area contributed by atoms with Crippen molar-refractivity contribution in [2.75, 3.05) is 36.1 Å². The first-order chi connectivity index (χ1) is 18.5. The molecule has 0 bridgehead atoms. The van der Waals surface area contributed by atoms with Crippen LogP contribution in [0.5, 0.6) is 5.88 Å². The molecule has 38 heavy (non-hydrogen) atoms. The van der Waals surface area contributed by atoms with Gasteiger partial charge in [0.15, 0.2) is 5.82 Å². The lowest BCUT2D eigenvalue weighted by Crippen LogP contribution is -2.34. The van der Waals surface area contributed by atoms with Gasteiger partial charge in [-0.15, -0.1) is 0 Å². The van der Waals surface area contributed by atoms with Crippen molar-refractivity contribution in [2.45, 2.75) is 32.2 Å². The molecule has 0 saturated carbocycles. The van der Waals surface area contributed by atoms with Crippen molar-refractivity contribution in [3.05, 3.63) is 65.2 Å². The van der Waals surface area contributed by atoms with Gasteiger partial charge in [0, 0.05) is 54.1 Å². The third kappa shape index (κ3) is 3.53. The average molecular weight is 511 g/mol. The Morgan fingerprint density at radius 1 is 1.16 bits per heavy atom. The number of carbonyl (C=O) groups is 1. The van der Waals surface area contributed by atoms with Gasteiger partial charge in [-0.25, -0.2) is 14.4 Å². The number of nitrogen functional groups attached to an aromatic ring is 1. The van der Waals surface area contributed by atoms with E-state index in [0.29, 0.717) is 47.8 Å². The van der Waals surface area contributed by atoms with Gasteiger partial charge in [0.1, 0.15) is 18.1 Å². The summed E-state index contributed by atoms with van der Waals surface area (Å²) in [5.74, 6) is 0.896. The van der Waals surface area contributed by atoms with E-state index in [1.165, 1.54) is 11.1 Å². The summed E-state index contributed by atoms with van der Waals surface area (Å²) in [6, 6.07) is 10.1. The standard InChI is InChI=1S/C29H27FN6O2/c1-15-21(13-34-29-28(15)32-7-9-38-29)20-10-17-11-24(33-14-22(17)27(31)26(20)30)35-18-3-2-16-6-8-36-23(19(16)12-18)4-5-25(36)37/h2-3,10-14,23,32H,4-9,31H2,1H3,(H,33,35). The molecule has 192 valence electrons. The van der Waals surface area contributed by atoms with Crippen LogP contribution >= 0.6 is 0 Å². The van der Waals surface area contributed by atoms with Gasteiger partial charge in [-0.05, 0) is 66.1 Å². The third-order valence-electron chi connectivity index (χ3n) is 7.96. The number of pyridine rings is 2. The van der Waals surface area contributed by atoms with E-state index in [1.807, 2.05) is 24.0 Å². The number of ether oxygens (including phenoxy) is 1. The Kier molecular flexibility index (Phi) is 5.14. The van der Waals surface area contributed by atoms with Gasteiger partial charge in [-0.2, -0.15) is 0 Å². The van der Waals surface area contributed by atoms with Crippen LogP contribution in [0.2, 0.25) is 0 Å². The number of amides is 1. The lowest BCUT2D eigenvalue weighted by Gasteiger charge is -2.32. The maximum absolute atomic E-state index is 15.5. The summed E-state index contributed by atoms with van der Waals surface area (Å²) in [5.41, 5.74) is 12.4. The number of hydrogen-bond donors (Lipinski definition) is 3. The number of carbonyl (C=O) groups excluding carboxylic acids is 1. The maximum Gasteiger partial charge on any atom is 0.237 e. The topological polar surface area (TPSA) is 105 Å². The first-order valence-corrected chi connectivity index (χ1v) is 12.9. The molecule has 2 aromatic carbocycles. The van der Waals surface area contributed by atoms with E-state index < -0.39 is 5.82 Å². The number of benzene rings is 2. The first-order valence-electron chi connectivity index (χ1n) is 12.9. The van der Waals surface area contributed by atoms with E-state index in [4.69, 9.17) is 10.5 Å². The quantitative estimate of drug-likeness (QED) is 0.330. The molecule has 2 aromatic heterocycles. The minimum Gasteiger partial charge on any atom is -0.474 e. The Hall–Kier alpha value is -4.40. The van der Waals surface area contributed by atoms with Gasteiger partial charge in [0.2, 0.25) is 11.8 Å². The van der Waals surface area contributed by atoms with E-state index >= 15 is 4.39 Å². The SMILES string of the molecule is Cc1c(-c2cc3cc(Nc4ccc5c(c4)C4CCC(=O)N4CC5)ncc3c(N)c2F)cnc2c1NCCO2. The summed E-state index contributed by atoms with van der Waals surface area (Å²) < 4.78 is 21.1. The summed E-state index contributed by atoms with van der Waals surface area (Å²) in [5, 5.41) is 8.01. The number of anilines is 4. The normalized spacial score (nSPS) is 17.9. The van der Waals surface area contributed by atoms with Gasteiger partial charge >= 0.3 is 0 Å². The van der Waals surface area contributed by atoms with E-state index in [-0.39, 0.29) is 17.6 Å². The van der Waals surface area contributed by atoms with Crippen LogP contribution in [0.15, 0.2) is 42.7 Å². The number of hydrogen-bond acceptors (Lipinski definition) is 7. The minimum absolute atomic E-state index is 0.0534. The number of fused-ring (bicyclic) bond motifs is 5. The van der Waals surface area contributed by atoms with Crippen LogP contribution in [-0.2, 0) is 11.2 Å². The van der Waals surface area contributed by atoms with Crippen molar-refractivity contribution in [3.8, 4) is 17.0 Å². The Labute approximate surface area is 219 Å². The molecule has 1 atom stereocenters. The molecule has 5 heterocycles. The molecule has 4 aromatic rings. The molecule has 4 N–H and O–H groups in total. The van der Waals surface area contributed by atoms with Crippen LogP contribution in [-0.4, -0.2) is 40.5 Å². The molecule has 0 aliphatic carbocycles. The van der Waals surface area contributed by atoms with Crippen molar-refractivity contribution in [2.24, 2.45) is 0 Å².